The number of benzene rings is 2. The molecule has 0 saturated carbocycles. The molecule has 3 N–H and O–H groups in total. The standard InChI is InChI=1S/C13H10F4N2O/c14-7-5-10(15)12(18)11(6-7)19-8-1-3-9(4-2-8)20-13(16)17/h1-6,13,19H,18H2. The Morgan fingerprint density at radius 2 is 1.70 bits per heavy atom. The van der Waals surface area contributed by atoms with E-state index in [0.29, 0.717) is 11.8 Å². The number of rotatable bonds is 4. The van der Waals surface area contributed by atoms with Crippen molar-refractivity contribution in [3.05, 3.63) is 48.0 Å². The van der Waals surface area contributed by atoms with Gasteiger partial charge in [-0.25, -0.2) is 8.78 Å². The Hall–Kier alpha value is -2.44. The summed E-state index contributed by atoms with van der Waals surface area (Å²) in [4.78, 5) is 0. The number of nitrogen functional groups attached to an aromatic ring is 1. The molecule has 0 bridgehead atoms. The van der Waals surface area contributed by atoms with Crippen molar-refractivity contribution in [3.63, 3.8) is 0 Å². The van der Waals surface area contributed by atoms with Crippen molar-refractivity contribution in [1.82, 2.24) is 0 Å². The second-order valence-corrected chi connectivity index (χ2v) is 3.88. The van der Waals surface area contributed by atoms with E-state index in [9.17, 15) is 17.6 Å². The van der Waals surface area contributed by atoms with E-state index in [1.165, 1.54) is 24.3 Å². The molecule has 0 saturated heterocycles. The van der Waals surface area contributed by atoms with E-state index in [1.807, 2.05) is 0 Å². The molecule has 106 valence electrons. The highest BCUT2D eigenvalue weighted by Gasteiger charge is 2.09. The van der Waals surface area contributed by atoms with Crippen molar-refractivity contribution in [2.45, 2.75) is 6.61 Å². The lowest BCUT2D eigenvalue weighted by atomic mass is 10.2. The Labute approximate surface area is 112 Å². The van der Waals surface area contributed by atoms with Gasteiger partial charge in [0.25, 0.3) is 0 Å². The molecule has 0 spiro atoms. The highest BCUT2D eigenvalue weighted by Crippen LogP contribution is 2.27. The predicted molar refractivity (Wildman–Crippen MR) is 67.1 cm³/mol. The first kappa shape index (κ1) is 14.0. The number of hydrogen-bond donors (Lipinski definition) is 2. The van der Waals surface area contributed by atoms with Gasteiger partial charge in [-0.05, 0) is 30.3 Å². The second kappa shape index (κ2) is 5.68. The Bertz CT molecular complexity index is 602. The molecule has 0 atom stereocenters. The summed E-state index contributed by atoms with van der Waals surface area (Å²) in [7, 11) is 0. The maximum Gasteiger partial charge on any atom is 0.387 e. The number of halogens is 4. The van der Waals surface area contributed by atoms with Crippen LogP contribution in [0.5, 0.6) is 5.75 Å². The number of nitrogens with two attached hydrogens (primary N) is 1. The van der Waals surface area contributed by atoms with Crippen LogP contribution in [-0.2, 0) is 0 Å². The van der Waals surface area contributed by atoms with Gasteiger partial charge in [0.2, 0.25) is 0 Å². The molecule has 0 unspecified atom stereocenters. The van der Waals surface area contributed by atoms with E-state index in [2.05, 4.69) is 10.1 Å². The molecular weight excluding hydrogens is 276 g/mol. The average molecular weight is 286 g/mol. The number of nitrogens with one attached hydrogen (secondary N) is 1. The van der Waals surface area contributed by atoms with E-state index in [4.69, 9.17) is 5.73 Å². The zero-order valence-corrected chi connectivity index (χ0v) is 10.0. The summed E-state index contributed by atoms with van der Waals surface area (Å²) in [6.45, 7) is -2.92. The summed E-state index contributed by atoms with van der Waals surface area (Å²) in [6, 6.07) is 7.11. The largest absolute Gasteiger partial charge is 0.435 e. The molecule has 2 aromatic rings. The molecule has 2 rings (SSSR count). The molecule has 0 aliphatic carbocycles. The minimum atomic E-state index is -2.92. The van der Waals surface area contributed by atoms with Crippen molar-refractivity contribution in [2.24, 2.45) is 0 Å². The monoisotopic (exact) mass is 286 g/mol. The maximum atomic E-state index is 13.2. The van der Waals surface area contributed by atoms with Crippen LogP contribution in [0.25, 0.3) is 0 Å². The van der Waals surface area contributed by atoms with E-state index in [0.717, 1.165) is 6.07 Å². The van der Waals surface area contributed by atoms with E-state index < -0.39 is 18.2 Å². The van der Waals surface area contributed by atoms with E-state index >= 15 is 0 Å². The zero-order chi connectivity index (χ0) is 14.7. The van der Waals surface area contributed by atoms with Gasteiger partial charge in [-0.1, -0.05) is 0 Å². The van der Waals surface area contributed by atoms with Crippen LogP contribution in [0.3, 0.4) is 0 Å². The molecule has 0 aliphatic heterocycles. The first-order valence-corrected chi connectivity index (χ1v) is 5.52. The van der Waals surface area contributed by atoms with Gasteiger partial charge in [-0.15, -0.1) is 0 Å². The van der Waals surface area contributed by atoms with Gasteiger partial charge in [-0.2, -0.15) is 8.78 Å². The Balaban J connectivity index is 2.18. The molecule has 2 aromatic carbocycles. The highest BCUT2D eigenvalue weighted by molar-refractivity contribution is 5.73. The van der Waals surface area contributed by atoms with Gasteiger partial charge in [0, 0.05) is 11.8 Å². The molecule has 0 aliphatic rings. The molecule has 0 aromatic heterocycles. The molecule has 20 heavy (non-hydrogen) atoms. The molecular formula is C13H10F4N2O. The Morgan fingerprint density at radius 1 is 1.05 bits per heavy atom. The quantitative estimate of drug-likeness (QED) is 0.662. The van der Waals surface area contributed by atoms with Gasteiger partial charge in [0.05, 0.1) is 11.4 Å². The third-order valence-corrected chi connectivity index (χ3v) is 2.45. The van der Waals surface area contributed by atoms with Gasteiger partial charge in [0.1, 0.15) is 11.6 Å². The SMILES string of the molecule is Nc1c(F)cc(F)cc1Nc1ccc(OC(F)F)cc1. The molecule has 0 heterocycles. The lowest BCUT2D eigenvalue weighted by Gasteiger charge is -2.11. The van der Waals surface area contributed by atoms with Crippen molar-refractivity contribution in [1.29, 1.82) is 0 Å². The minimum absolute atomic E-state index is 0.0241. The van der Waals surface area contributed by atoms with Crippen LogP contribution < -0.4 is 15.8 Å². The third-order valence-electron chi connectivity index (χ3n) is 2.45. The summed E-state index contributed by atoms with van der Waals surface area (Å²) in [5.74, 6) is -1.69. The number of alkyl halides is 2. The molecule has 0 radical (unpaired) electrons. The Morgan fingerprint density at radius 3 is 2.30 bits per heavy atom. The van der Waals surface area contributed by atoms with Crippen LogP contribution in [0.1, 0.15) is 0 Å². The van der Waals surface area contributed by atoms with Crippen LogP contribution in [-0.4, -0.2) is 6.61 Å². The number of anilines is 3. The molecule has 0 fully saturated rings. The molecule has 7 heteroatoms. The average Bonchev–Trinajstić information content (AvgIpc) is 2.37. The normalized spacial score (nSPS) is 10.7. The van der Waals surface area contributed by atoms with Crippen molar-refractivity contribution >= 4 is 17.1 Å². The number of hydrogen-bond acceptors (Lipinski definition) is 3. The van der Waals surface area contributed by atoms with Crippen LogP contribution in [0.15, 0.2) is 36.4 Å². The van der Waals surface area contributed by atoms with Gasteiger partial charge in [0.15, 0.2) is 5.82 Å². The number of ether oxygens (including phenoxy) is 1. The summed E-state index contributed by atoms with van der Waals surface area (Å²) in [6.07, 6.45) is 0. The van der Waals surface area contributed by atoms with Crippen molar-refractivity contribution in [3.8, 4) is 5.75 Å². The topological polar surface area (TPSA) is 47.3 Å². The fourth-order valence-electron chi connectivity index (χ4n) is 1.56. The third kappa shape index (κ3) is 3.31. The minimum Gasteiger partial charge on any atom is -0.435 e. The smallest absolute Gasteiger partial charge is 0.387 e. The van der Waals surface area contributed by atoms with Crippen LogP contribution >= 0.6 is 0 Å². The van der Waals surface area contributed by atoms with Crippen LogP contribution in [0.4, 0.5) is 34.6 Å². The summed E-state index contributed by atoms with van der Waals surface area (Å²) in [5.41, 5.74) is 5.70. The second-order valence-electron chi connectivity index (χ2n) is 3.88. The molecule has 0 amide bonds. The van der Waals surface area contributed by atoms with Crippen LogP contribution in [0.2, 0.25) is 0 Å². The zero-order valence-electron chi connectivity index (χ0n) is 10.0. The Kier molecular flexibility index (Phi) is 3.97. The lowest BCUT2D eigenvalue weighted by molar-refractivity contribution is -0.0498. The van der Waals surface area contributed by atoms with Gasteiger partial charge in [-0.3, -0.25) is 0 Å². The van der Waals surface area contributed by atoms with Crippen molar-refractivity contribution in [2.75, 3.05) is 11.1 Å². The molecule has 3 nitrogen and oxygen atoms in total. The predicted octanol–water partition coefficient (Wildman–Crippen LogP) is 3.89. The van der Waals surface area contributed by atoms with Gasteiger partial charge < -0.3 is 15.8 Å². The van der Waals surface area contributed by atoms with E-state index in [1.54, 1.807) is 0 Å². The summed E-state index contributed by atoms with van der Waals surface area (Å²) >= 11 is 0. The first-order chi connectivity index (χ1) is 9.45. The fraction of sp³-hybridized carbons (Fsp3) is 0.0769. The summed E-state index contributed by atoms with van der Waals surface area (Å²) in [5, 5.41) is 2.69. The van der Waals surface area contributed by atoms with Gasteiger partial charge >= 0.3 is 6.61 Å². The first-order valence-electron chi connectivity index (χ1n) is 5.52. The van der Waals surface area contributed by atoms with Crippen molar-refractivity contribution < 1.29 is 22.3 Å². The maximum absolute atomic E-state index is 13.2. The summed E-state index contributed by atoms with van der Waals surface area (Å²) < 4.78 is 54.4. The highest BCUT2D eigenvalue weighted by atomic mass is 19.3. The van der Waals surface area contributed by atoms with Crippen LogP contribution in [0, 0.1) is 11.6 Å². The fourth-order valence-corrected chi connectivity index (χ4v) is 1.56. The van der Waals surface area contributed by atoms with E-state index in [-0.39, 0.29) is 17.1 Å². The lowest BCUT2D eigenvalue weighted by Crippen LogP contribution is -2.02.